The second-order valence-corrected chi connectivity index (χ2v) is 3.63. The van der Waals surface area contributed by atoms with Gasteiger partial charge in [-0.15, -0.1) is 0 Å². The predicted molar refractivity (Wildman–Crippen MR) is 58.0 cm³/mol. The van der Waals surface area contributed by atoms with Crippen molar-refractivity contribution in [2.75, 3.05) is 13.1 Å². The molecular formula is C12H15F2N. The van der Waals surface area contributed by atoms with Crippen molar-refractivity contribution in [3.8, 4) is 0 Å². The quantitative estimate of drug-likeness (QED) is 0.738. The number of hydrogen-bond acceptors (Lipinski definition) is 1. The minimum Gasteiger partial charge on any atom is -0.307 e. The molecule has 0 heterocycles. The lowest BCUT2D eigenvalue weighted by molar-refractivity contribution is -0.00233. The summed E-state index contributed by atoms with van der Waals surface area (Å²) in [6, 6.07) is 7.82. The molecule has 1 rings (SSSR count). The summed E-state index contributed by atoms with van der Waals surface area (Å²) in [6.45, 7) is 5.50. The van der Waals surface area contributed by atoms with Gasteiger partial charge < -0.3 is 5.32 Å². The van der Waals surface area contributed by atoms with E-state index in [4.69, 9.17) is 0 Å². The van der Waals surface area contributed by atoms with Crippen molar-refractivity contribution >= 4 is 0 Å². The Bertz CT molecular complexity index is 320. The summed E-state index contributed by atoms with van der Waals surface area (Å²) in [6.07, 6.45) is 0. The zero-order chi connectivity index (χ0) is 11.3. The molecule has 0 bridgehead atoms. The fourth-order valence-electron chi connectivity index (χ4n) is 1.22. The summed E-state index contributed by atoms with van der Waals surface area (Å²) in [4.78, 5) is 0. The number of rotatable bonds is 5. The molecule has 1 aromatic rings. The van der Waals surface area contributed by atoms with Crippen LogP contribution in [-0.2, 0) is 5.92 Å². The molecule has 1 N–H and O–H groups in total. The molecule has 15 heavy (non-hydrogen) atoms. The van der Waals surface area contributed by atoms with E-state index in [-0.39, 0.29) is 12.1 Å². The second-order valence-electron chi connectivity index (χ2n) is 3.63. The van der Waals surface area contributed by atoms with Crippen molar-refractivity contribution in [1.29, 1.82) is 0 Å². The molecule has 0 aliphatic heterocycles. The Morgan fingerprint density at radius 3 is 2.47 bits per heavy atom. The first-order valence-corrected chi connectivity index (χ1v) is 4.81. The molecule has 1 aromatic carbocycles. The van der Waals surface area contributed by atoms with E-state index in [2.05, 4.69) is 11.9 Å². The molecule has 0 radical (unpaired) electrons. The molecule has 0 aliphatic carbocycles. The van der Waals surface area contributed by atoms with Gasteiger partial charge in [0.15, 0.2) is 0 Å². The third-order valence-corrected chi connectivity index (χ3v) is 1.97. The Balaban J connectivity index is 2.56. The average Bonchev–Trinajstić information content (AvgIpc) is 2.18. The minimum absolute atomic E-state index is 0.0409. The maximum Gasteiger partial charge on any atom is 0.285 e. The number of benzene rings is 1. The first-order valence-electron chi connectivity index (χ1n) is 4.81. The summed E-state index contributed by atoms with van der Waals surface area (Å²) in [5.74, 6) is -2.82. The van der Waals surface area contributed by atoms with E-state index in [1.54, 1.807) is 25.1 Å². The Morgan fingerprint density at radius 2 is 1.93 bits per heavy atom. The number of hydrogen-bond donors (Lipinski definition) is 1. The molecule has 1 nitrogen and oxygen atoms in total. The third kappa shape index (κ3) is 3.80. The summed E-state index contributed by atoms with van der Waals surface area (Å²) in [7, 11) is 0. The zero-order valence-corrected chi connectivity index (χ0v) is 8.76. The van der Waals surface area contributed by atoms with E-state index in [9.17, 15) is 8.78 Å². The fourth-order valence-corrected chi connectivity index (χ4v) is 1.22. The topological polar surface area (TPSA) is 12.0 Å². The lowest BCUT2D eigenvalue weighted by Gasteiger charge is -2.17. The first kappa shape index (κ1) is 11.9. The summed E-state index contributed by atoms with van der Waals surface area (Å²) < 4.78 is 27.0. The lowest BCUT2D eigenvalue weighted by atomic mass is 10.1. The fraction of sp³-hybridized carbons (Fsp3) is 0.333. The summed E-state index contributed by atoms with van der Waals surface area (Å²) >= 11 is 0. The number of halogens is 2. The Labute approximate surface area is 88.8 Å². The van der Waals surface area contributed by atoms with Gasteiger partial charge in [-0.25, -0.2) is 0 Å². The highest BCUT2D eigenvalue weighted by atomic mass is 19.3. The Kier molecular flexibility index (Phi) is 3.97. The Hall–Kier alpha value is -1.22. The van der Waals surface area contributed by atoms with E-state index in [1.807, 2.05) is 0 Å². The van der Waals surface area contributed by atoms with Crippen molar-refractivity contribution in [2.24, 2.45) is 0 Å². The lowest BCUT2D eigenvalue weighted by Crippen LogP contribution is -2.31. The van der Waals surface area contributed by atoms with Crippen LogP contribution in [0.5, 0.6) is 0 Å². The smallest absolute Gasteiger partial charge is 0.285 e. The highest BCUT2D eigenvalue weighted by Crippen LogP contribution is 2.26. The molecule has 0 amide bonds. The van der Waals surface area contributed by atoms with E-state index < -0.39 is 5.92 Å². The molecule has 0 atom stereocenters. The molecule has 0 aromatic heterocycles. The van der Waals surface area contributed by atoms with Crippen molar-refractivity contribution in [3.63, 3.8) is 0 Å². The van der Waals surface area contributed by atoms with Crippen molar-refractivity contribution < 1.29 is 8.78 Å². The van der Waals surface area contributed by atoms with Gasteiger partial charge in [0.05, 0.1) is 6.54 Å². The van der Waals surface area contributed by atoms with Gasteiger partial charge in [-0.3, -0.25) is 0 Å². The van der Waals surface area contributed by atoms with Crippen LogP contribution in [0.4, 0.5) is 8.78 Å². The number of nitrogens with one attached hydrogen (secondary N) is 1. The molecule has 82 valence electrons. The van der Waals surface area contributed by atoms with Gasteiger partial charge >= 0.3 is 0 Å². The third-order valence-electron chi connectivity index (χ3n) is 1.97. The van der Waals surface area contributed by atoms with Gasteiger partial charge in [0.25, 0.3) is 5.92 Å². The maximum absolute atomic E-state index is 13.5. The van der Waals surface area contributed by atoms with Crippen LogP contribution >= 0.6 is 0 Å². The highest BCUT2D eigenvalue weighted by Gasteiger charge is 2.30. The SMILES string of the molecule is C=C(C)CNCC(F)(F)c1ccccc1. The molecule has 0 aliphatic rings. The molecule has 3 heteroatoms. The van der Waals surface area contributed by atoms with E-state index in [0.29, 0.717) is 6.54 Å². The van der Waals surface area contributed by atoms with Crippen LogP contribution in [-0.4, -0.2) is 13.1 Å². The van der Waals surface area contributed by atoms with Crippen LogP contribution in [0.1, 0.15) is 12.5 Å². The van der Waals surface area contributed by atoms with E-state index >= 15 is 0 Å². The molecular weight excluding hydrogens is 196 g/mol. The van der Waals surface area contributed by atoms with Gasteiger partial charge in [-0.1, -0.05) is 42.5 Å². The summed E-state index contributed by atoms with van der Waals surface area (Å²) in [5.41, 5.74) is 0.887. The summed E-state index contributed by atoms with van der Waals surface area (Å²) in [5, 5.41) is 2.67. The monoisotopic (exact) mass is 211 g/mol. The van der Waals surface area contributed by atoms with Crippen LogP contribution in [0.15, 0.2) is 42.5 Å². The van der Waals surface area contributed by atoms with Crippen molar-refractivity contribution in [2.45, 2.75) is 12.8 Å². The van der Waals surface area contributed by atoms with Gasteiger partial charge in [0.2, 0.25) is 0 Å². The van der Waals surface area contributed by atoms with Gasteiger partial charge in [-0.2, -0.15) is 8.78 Å². The predicted octanol–water partition coefficient (Wildman–Crippen LogP) is 2.94. The molecule has 0 fully saturated rings. The van der Waals surface area contributed by atoms with Crippen molar-refractivity contribution in [3.05, 3.63) is 48.0 Å². The first-order chi connectivity index (χ1) is 7.02. The molecule has 0 saturated carbocycles. The number of alkyl halides is 2. The van der Waals surface area contributed by atoms with Gasteiger partial charge in [0, 0.05) is 12.1 Å². The normalized spacial score (nSPS) is 11.4. The van der Waals surface area contributed by atoms with Crippen molar-refractivity contribution in [1.82, 2.24) is 5.32 Å². The highest BCUT2D eigenvalue weighted by molar-refractivity contribution is 5.20. The molecule has 0 saturated heterocycles. The van der Waals surface area contributed by atoms with Crippen LogP contribution in [0.3, 0.4) is 0 Å². The van der Waals surface area contributed by atoms with Crippen LogP contribution < -0.4 is 5.32 Å². The maximum atomic E-state index is 13.5. The molecule has 0 unspecified atom stereocenters. The Morgan fingerprint density at radius 1 is 1.33 bits per heavy atom. The second kappa shape index (κ2) is 5.03. The van der Waals surface area contributed by atoms with Crippen LogP contribution in [0.2, 0.25) is 0 Å². The standard InChI is InChI=1S/C12H15F2N/c1-10(2)8-15-9-12(13,14)11-6-4-3-5-7-11/h3-7,15H,1,8-9H2,2H3. The van der Waals surface area contributed by atoms with Gasteiger partial charge in [-0.05, 0) is 6.92 Å². The average molecular weight is 211 g/mol. The molecule has 0 spiro atoms. The van der Waals surface area contributed by atoms with Gasteiger partial charge in [0.1, 0.15) is 0 Å². The van der Waals surface area contributed by atoms with E-state index in [0.717, 1.165) is 5.57 Å². The van der Waals surface area contributed by atoms with Crippen LogP contribution in [0, 0.1) is 0 Å². The van der Waals surface area contributed by atoms with E-state index in [1.165, 1.54) is 12.1 Å². The largest absolute Gasteiger partial charge is 0.307 e. The zero-order valence-electron chi connectivity index (χ0n) is 8.76. The van der Waals surface area contributed by atoms with Crippen LogP contribution in [0.25, 0.3) is 0 Å². The minimum atomic E-state index is -2.82.